The van der Waals surface area contributed by atoms with Crippen molar-refractivity contribution in [3.8, 4) is 0 Å². The van der Waals surface area contributed by atoms with E-state index >= 15 is 0 Å². The van der Waals surface area contributed by atoms with Crippen LogP contribution in [0.25, 0.3) is 0 Å². The molecule has 0 spiro atoms. The monoisotopic (exact) mass is 337 g/mol. The van der Waals surface area contributed by atoms with Crippen LogP contribution in [0.1, 0.15) is 33.3 Å². The van der Waals surface area contributed by atoms with Gasteiger partial charge in [-0.25, -0.2) is 4.79 Å². The van der Waals surface area contributed by atoms with Crippen molar-refractivity contribution in [2.24, 2.45) is 7.05 Å². The molecule has 0 saturated carbocycles. The van der Waals surface area contributed by atoms with E-state index in [0.717, 1.165) is 18.7 Å². The van der Waals surface area contributed by atoms with E-state index in [9.17, 15) is 4.79 Å². The van der Waals surface area contributed by atoms with E-state index in [1.54, 1.807) is 4.68 Å². The molecule has 1 aromatic heterocycles. The highest BCUT2D eigenvalue weighted by molar-refractivity contribution is 5.74. The van der Waals surface area contributed by atoms with E-state index in [1.807, 2.05) is 31.3 Å². The lowest BCUT2D eigenvalue weighted by molar-refractivity contribution is -0.0907. The topological polar surface area (TPSA) is 62.6 Å². The summed E-state index contributed by atoms with van der Waals surface area (Å²) in [6, 6.07) is 0.308. The second kappa shape index (κ2) is 7.98. The van der Waals surface area contributed by atoms with Gasteiger partial charge in [0.1, 0.15) is 5.60 Å². The Hall–Kier alpha value is -1.60. The summed E-state index contributed by atoms with van der Waals surface area (Å²) in [5.41, 5.74) is 0.493. The molecule has 0 aromatic carbocycles. The van der Waals surface area contributed by atoms with Crippen molar-refractivity contribution in [1.29, 1.82) is 0 Å². The highest BCUT2D eigenvalue weighted by Crippen LogP contribution is 2.28. The van der Waals surface area contributed by atoms with Crippen molar-refractivity contribution in [3.63, 3.8) is 0 Å². The molecule has 24 heavy (non-hydrogen) atoms. The molecular weight excluding hydrogens is 306 g/mol. The van der Waals surface area contributed by atoms with Crippen molar-refractivity contribution in [3.05, 3.63) is 18.0 Å². The van der Waals surface area contributed by atoms with E-state index in [4.69, 9.17) is 4.74 Å². The summed E-state index contributed by atoms with van der Waals surface area (Å²) in [4.78, 5) is 16.7. The van der Waals surface area contributed by atoms with Crippen LogP contribution in [0.15, 0.2) is 12.4 Å². The standard InChI is InChI=1S/C17H31N5O2/c1-6-21(7-2)14(3)10-18-16(23)22-8-9-24-17(4,13-22)15-11-19-20(5)12-15/h11-12,14H,6-10,13H2,1-5H3,(H,18,23)/t14-,17+/m0/s1. The number of nitrogens with zero attached hydrogens (tertiary/aromatic N) is 4. The number of aryl methyl sites for hydroxylation is 1. The predicted molar refractivity (Wildman–Crippen MR) is 93.9 cm³/mol. The molecule has 2 rings (SSSR count). The number of amides is 2. The van der Waals surface area contributed by atoms with E-state index in [1.165, 1.54) is 0 Å². The molecule has 2 atom stereocenters. The first-order chi connectivity index (χ1) is 11.4. The number of morpholine rings is 1. The number of urea groups is 1. The normalized spacial score (nSPS) is 22.7. The van der Waals surface area contributed by atoms with Gasteiger partial charge >= 0.3 is 6.03 Å². The molecule has 2 amide bonds. The van der Waals surface area contributed by atoms with E-state index < -0.39 is 5.60 Å². The number of ether oxygens (including phenoxy) is 1. The maximum atomic E-state index is 12.5. The predicted octanol–water partition coefficient (Wildman–Crippen LogP) is 1.41. The van der Waals surface area contributed by atoms with Gasteiger partial charge in [-0.15, -0.1) is 0 Å². The number of aromatic nitrogens is 2. The first-order valence-electron chi connectivity index (χ1n) is 8.79. The van der Waals surface area contributed by atoms with Crippen LogP contribution < -0.4 is 5.32 Å². The van der Waals surface area contributed by atoms with Crippen LogP contribution in [-0.4, -0.2) is 71.0 Å². The molecular formula is C17H31N5O2. The maximum absolute atomic E-state index is 12.5. The Labute approximate surface area is 144 Å². The fraction of sp³-hybridized carbons (Fsp3) is 0.765. The maximum Gasteiger partial charge on any atom is 0.317 e. The van der Waals surface area contributed by atoms with Crippen molar-refractivity contribution in [2.75, 3.05) is 39.3 Å². The lowest BCUT2D eigenvalue weighted by Crippen LogP contribution is -2.54. The van der Waals surface area contributed by atoms with Gasteiger partial charge in [-0.05, 0) is 26.9 Å². The zero-order chi connectivity index (χ0) is 17.7. The lowest BCUT2D eigenvalue weighted by atomic mass is 9.97. The number of nitrogens with one attached hydrogen (secondary N) is 1. The molecule has 1 fully saturated rings. The number of rotatable bonds is 6. The Morgan fingerprint density at radius 2 is 2.21 bits per heavy atom. The van der Waals surface area contributed by atoms with Gasteiger partial charge in [-0.1, -0.05) is 13.8 Å². The molecule has 1 saturated heterocycles. The minimum absolute atomic E-state index is 0.0209. The van der Waals surface area contributed by atoms with Crippen LogP contribution in [0.3, 0.4) is 0 Å². The van der Waals surface area contributed by atoms with E-state index in [0.29, 0.717) is 32.3 Å². The van der Waals surface area contributed by atoms with E-state index in [2.05, 4.69) is 36.1 Å². The molecule has 1 aromatic rings. The summed E-state index contributed by atoms with van der Waals surface area (Å²) in [7, 11) is 1.88. The number of carbonyl (C=O) groups excluding carboxylic acids is 1. The number of hydrogen-bond acceptors (Lipinski definition) is 4. The molecule has 1 N–H and O–H groups in total. The second-order valence-electron chi connectivity index (χ2n) is 6.66. The Kier molecular flexibility index (Phi) is 6.23. The van der Waals surface area contributed by atoms with Crippen LogP contribution in [0.4, 0.5) is 4.79 Å². The fourth-order valence-corrected chi connectivity index (χ4v) is 3.24. The van der Waals surface area contributed by atoms with Gasteiger partial charge in [0.05, 0.1) is 19.3 Å². The summed E-state index contributed by atoms with van der Waals surface area (Å²) < 4.78 is 7.72. The van der Waals surface area contributed by atoms with Crippen molar-refractivity contribution in [1.82, 2.24) is 24.9 Å². The highest BCUT2D eigenvalue weighted by Gasteiger charge is 2.36. The van der Waals surface area contributed by atoms with Crippen LogP contribution in [0, 0.1) is 0 Å². The number of carbonyl (C=O) groups is 1. The lowest BCUT2D eigenvalue weighted by Gasteiger charge is -2.40. The summed E-state index contributed by atoms with van der Waals surface area (Å²) >= 11 is 0. The molecule has 0 aliphatic carbocycles. The molecule has 0 radical (unpaired) electrons. The van der Waals surface area contributed by atoms with Gasteiger partial charge in [0, 0.05) is 37.9 Å². The summed E-state index contributed by atoms with van der Waals surface area (Å²) in [5, 5.41) is 7.28. The van der Waals surface area contributed by atoms with Gasteiger partial charge in [0.2, 0.25) is 0 Å². The third kappa shape index (κ3) is 4.27. The zero-order valence-electron chi connectivity index (χ0n) is 15.6. The van der Waals surface area contributed by atoms with Gasteiger partial charge in [0.25, 0.3) is 0 Å². The quantitative estimate of drug-likeness (QED) is 0.852. The average Bonchev–Trinajstić information content (AvgIpc) is 3.01. The SMILES string of the molecule is CCN(CC)[C@@H](C)CNC(=O)N1CCO[C@@](C)(c2cnn(C)c2)C1. The van der Waals surface area contributed by atoms with Crippen LogP contribution in [-0.2, 0) is 17.4 Å². The Balaban J connectivity index is 1.93. The van der Waals surface area contributed by atoms with Crippen molar-refractivity contribution < 1.29 is 9.53 Å². The molecule has 136 valence electrons. The molecule has 0 bridgehead atoms. The van der Waals surface area contributed by atoms with Crippen molar-refractivity contribution in [2.45, 2.75) is 39.3 Å². The first kappa shape index (κ1) is 18.7. The van der Waals surface area contributed by atoms with Gasteiger partial charge in [0.15, 0.2) is 0 Å². The number of likely N-dealkylation sites (N-methyl/N-ethyl adjacent to an activating group) is 1. The largest absolute Gasteiger partial charge is 0.367 e. The third-order valence-corrected chi connectivity index (χ3v) is 4.86. The molecule has 1 aliphatic rings. The van der Waals surface area contributed by atoms with Crippen LogP contribution in [0.2, 0.25) is 0 Å². The second-order valence-corrected chi connectivity index (χ2v) is 6.66. The minimum Gasteiger partial charge on any atom is -0.367 e. The smallest absolute Gasteiger partial charge is 0.317 e. The summed E-state index contributed by atoms with van der Waals surface area (Å²) in [6.07, 6.45) is 3.76. The van der Waals surface area contributed by atoms with Crippen molar-refractivity contribution >= 4 is 6.03 Å². The summed E-state index contributed by atoms with van der Waals surface area (Å²) in [6.45, 7) is 12.8. The highest BCUT2D eigenvalue weighted by atomic mass is 16.5. The van der Waals surface area contributed by atoms with Gasteiger partial charge < -0.3 is 15.0 Å². The first-order valence-corrected chi connectivity index (χ1v) is 8.79. The number of hydrogen-bond donors (Lipinski definition) is 1. The molecule has 7 heteroatoms. The molecule has 2 heterocycles. The van der Waals surface area contributed by atoms with Gasteiger partial charge in [-0.3, -0.25) is 9.58 Å². The Bertz CT molecular complexity index is 543. The fourth-order valence-electron chi connectivity index (χ4n) is 3.24. The summed E-state index contributed by atoms with van der Waals surface area (Å²) in [5.74, 6) is 0. The zero-order valence-corrected chi connectivity index (χ0v) is 15.6. The minimum atomic E-state index is -0.506. The Morgan fingerprint density at radius 1 is 1.50 bits per heavy atom. The van der Waals surface area contributed by atoms with Gasteiger partial charge in [-0.2, -0.15) is 5.10 Å². The Morgan fingerprint density at radius 3 is 2.79 bits per heavy atom. The molecule has 7 nitrogen and oxygen atoms in total. The molecule has 0 unspecified atom stereocenters. The average molecular weight is 337 g/mol. The van der Waals surface area contributed by atoms with Crippen LogP contribution in [0.5, 0.6) is 0 Å². The van der Waals surface area contributed by atoms with E-state index in [-0.39, 0.29) is 6.03 Å². The van der Waals surface area contributed by atoms with Crippen LogP contribution >= 0.6 is 0 Å². The molecule has 1 aliphatic heterocycles. The third-order valence-electron chi connectivity index (χ3n) is 4.86.